The molecule has 14 heavy (non-hydrogen) atoms. The van der Waals surface area contributed by atoms with Gasteiger partial charge in [-0.2, -0.15) is 0 Å². The van der Waals surface area contributed by atoms with E-state index in [2.05, 4.69) is 9.97 Å². The summed E-state index contributed by atoms with van der Waals surface area (Å²) in [4.78, 5) is 20.1. The van der Waals surface area contributed by atoms with Gasteiger partial charge in [-0.3, -0.25) is 14.8 Å². The molecule has 4 heteroatoms. The van der Waals surface area contributed by atoms with Crippen LogP contribution in [0.25, 0.3) is 0 Å². The van der Waals surface area contributed by atoms with Gasteiger partial charge in [0.25, 0.3) is 0 Å². The highest BCUT2D eigenvalue weighted by Crippen LogP contribution is 2.10. The number of carbonyl (C=O) groups is 1. The normalized spacial score (nSPS) is 10.0. The maximum Gasteiger partial charge on any atom is 0.178 e. The van der Waals surface area contributed by atoms with Gasteiger partial charge in [-0.15, -0.1) is 11.3 Å². The monoisotopic (exact) mass is 204 g/mol. The SMILES string of the molecule is O=C(Cc1ccncc1)c1cncs1. The predicted octanol–water partition coefficient (Wildman–Crippen LogP) is 1.96. The lowest BCUT2D eigenvalue weighted by molar-refractivity contribution is 0.0996. The fourth-order valence-electron chi connectivity index (χ4n) is 1.13. The first-order valence-electron chi connectivity index (χ1n) is 4.17. The fraction of sp³-hybridized carbons (Fsp3) is 0.100. The molecule has 2 aromatic heterocycles. The Hall–Kier alpha value is -1.55. The zero-order valence-electron chi connectivity index (χ0n) is 7.38. The maximum atomic E-state index is 11.6. The Bertz CT molecular complexity index is 411. The van der Waals surface area contributed by atoms with Gasteiger partial charge in [-0.1, -0.05) is 0 Å². The van der Waals surface area contributed by atoms with Gasteiger partial charge in [-0.25, -0.2) is 0 Å². The van der Waals surface area contributed by atoms with Crippen LogP contribution in [0.3, 0.4) is 0 Å². The van der Waals surface area contributed by atoms with E-state index in [9.17, 15) is 4.79 Å². The topological polar surface area (TPSA) is 42.9 Å². The third kappa shape index (κ3) is 2.03. The maximum absolute atomic E-state index is 11.6. The van der Waals surface area contributed by atoms with Gasteiger partial charge < -0.3 is 0 Å². The van der Waals surface area contributed by atoms with Crippen LogP contribution in [0.5, 0.6) is 0 Å². The van der Waals surface area contributed by atoms with Crippen molar-refractivity contribution in [3.8, 4) is 0 Å². The van der Waals surface area contributed by atoms with Gasteiger partial charge in [0.1, 0.15) is 0 Å². The van der Waals surface area contributed by atoms with Crippen molar-refractivity contribution in [2.75, 3.05) is 0 Å². The number of hydrogen-bond donors (Lipinski definition) is 0. The number of carbonyl (C=O) groups excluding carboxylic acids is 1. The molecule has 0 radical (unpaired) electrons. The van der Waals surface area contributed by atoms with Gasteiger partial charge in [-0.05, 0) is 17.7 Å². The first kappa shape index (κ1) is 9.02. The molecule has 0 spiro atoms. The molecule has 0 aromatic carbocycles. The minimum Gasteiger partial charge on any atom is -0.293 e. The van der Waals surface area contributed by atoms with Crippen LogP contribution in [0, 0.1) is 0 Å². The van der Waals surface area contributed by atoms with E-state index in [1.807, 2.05) is 12.1 Å². The molecule has 0 unspecified atom stereocenters. The summed E-state index contributed by atoms with van der Waals surface area (Å²) in [5.41, 5.74) is 2.65. The summed E-state index contributed by atoms with van der Waals surface area (Å²) in [7, 11) is 0. The van der Waals surface area contributed by atoms with Crippen LogP contribution in [0.4, 0.5) is 0 Å². The largest absolute Gasteiger partial charge is 0.293 e. The van der Waals surface area contributed by atoms with E-state index < -0.39 is 0 Å². The highest BCUT2D eigenvalue weighted by molar-refractivity contribution is 7.11. The molecular weight excluding hydrogens is 196 g/mol. The number of rotatable bonds is 3. The molecule has 0 amide bonds. The first-order chi connectivity index (χ1) is 6.86. The average molecular weight is 204 g/mol. The minimum atomic E-state index is 0.110. The van der Waals surface area contributed by atoms with E-state index in [0.717, 1.165) is 5.56 Å². The molecule has 0 fully saturated rings. The Morgan fingerprint density at radius 3 is 2.71 bits per heavy atom. The van der Waals surface area contributed by atoms with E-state index >= 15 is 0 Å². The third-order valence-corrected chi connectivity index (χ3v) is 2.64. The van der Waals surface area contributed by atoms with Crippen LogP contribution in [0.15, 0.2) is 36.2 Å². The van der Waals surface area contributed by atoms with Crippen LogP contribution in [-0.2, 0) is 6.42 Å². The summed E-state index contributed by atoms with van der Waals surface area (Å²) in [6, 6.07) is 3.69. The van der Waals surface area contributed by atoms with Gasteiger partial charge in [0, 0.05) is 25.0 Å². The van der Waals surface area contributed by atoms with Crippen LogP contribution >= 0.6 is 11.3 Å². The number of thiazole rings is 1. The van der Waals surface area contributed by atoms with E-state index in [0.29, 0.717) is 11.3 Å². The van der Waals surface area contributed by atoms with E-state index in [-0.39, 0.29) is 5.78 Å². The van der Waals surface area contributed by atoms with Crippen molar-refractivity contribution >= 4 is 17.1 Å². The molecule has 0 saturated carbocycles. The molecule has 0 saturated heterocycles. The molecule has 0 aliphatic rings. The number of pyridine rings is 1. The molecule has 70 valence electrons. The van der Waals surface area contributed by atoms with Crippen molar-refractivity contribution in [3.05, 3.63) is 46.7 Å². The molecule has 2 heterocycles. The van der Waals surface area contributed by atoms with E-state index in [1.54, 1.807) is 24.1 Å². The molecule has 2 rings (SSSR count). The quantitative estimate of drug-likeness (QED) is 0.718. The smallest absolute Gasteiger partial charge is 0.178 e. The second-order valence-corrected chi connectivity index (χ2v) is 3.71. The zero-order valence-corrected chi connectivity index (χ0v) is 8.20. The van der Waals surface area contributed by atoms with Crippen LogP contribution < -0.4 is 0 Å². The molecule has 0 N–H and O–H groups in total. The summed E-state index contributed by atoms with van der Waals surface area (Å²) in [5, 5.41) is 0. The standard InChI is InChI=1S/C10H8N2OS/c13-9(10-6-12-7-14-10)5-8-1-3-11-4-2-8/h1-4,6-7H,5H2. The van der Waals surface area contributed by atoms with Crippen LogP contribution in [0.1, 0.15) is 15.2 Å². The van der Waals surface area contributed by atoms with Crippen LogP contribution in [0.2, 0.25) is 0 Å². The second-order valence-electron chi connectivity index (χ2n) is 2.82. The molecule has 0 atom stereocenters. The first-order valence-corrected chi connectivity index (χ1v) is 5.05. The summed E-state index contributed by atoms with van der Waals surface area (Å²) >= 11 is 1.37. The van der Waals surface area contributed by atoms with Crippen molar-refractivity contribution in [2.24, 2.45) is 0 Å². The van der Waals surface area contributed by atoms with Gasteiger partial charge in [0.15, 0.2) is 5.78 Å². The van der Waals surface area contributed by atoms with Crippen LogP contribution in [-0.4, -0.2) is 15.8 Å². The lowest BCUT2D eigenvalue weighted by Gasteiger charge is -1.96. The molecular formula is C10H8N2OS. The van der Waals surface area contributed by atoms with Crippen molar-refractivity contribution < 1.29 is 4.79 Å². The second kappa shape index (κ2) is 4.11. The minimum absolute atomic E-state index is 0.110. The Balaban J connectivity index is 2.10. The summed E-state index contributed by atoms with van der Waals surface area (Å²) in [6.45, 7) is 0. The lowest BCUT2D eigenvalue weighted by atomic mass is 10.1. The lowest BCUT2D eigenvalue weighted by Crippen LogP contribution is -2.00. The third-order valence-electron chi connectivity index (χ3n) is 1.82. The molecule has 2 aromatic rings. The number of nitrogens with zero attached hydrogens (tertiary/aromatic N) is 2. The Morgan fingerprint density at radius 2 is 2.07 bits per heavy atom. The highest BCUT2D eigenvalue weighted by atomic mass is 32.1. The van der Waals surface area contributed by atoms with Crippen molar-refractivity contribution in [3.63, 3.8) is 0 Å². The molecule has 0 aliphatic carbocycles. The van der Waals surface area contributed by atoms with E-state index in [4.69, 9.17) is 0 Å². The number of hydrogen-bond acceptors (Lipinski definition) is 4. The van der Waals surface area contributed by atoms with Gasteiger partial charge in [0.05, 0.1) is 10.4 Å². The Morgan fingerprint density at radius 1 is 1.29 bits per heavy atom. The van der Waals surface area contributed by atoms with Crippen molar-refractivity contribution in [1.29, 1.82) is 0 Å². The van der Waals surface area contributed by atoms with Crippen molar-refractivity contribution in [2.45, 2.75) is 6.42 Å². The summed E-state index contributed by atoms with van der Waals surface area (Å²) in [5.74, 6) is 0.110. The summed E-state index contributed by atoms with van der Waals surface area (Å²) < 4.78 is 0. The molecule has 0 aliphatic heterocycles. The fourth-order valence-corrected chi connectivity index (χ4v) is 1.69. The van der Waals surface area contributed by atoms with Gasteiger partial charge in [0.2, 0.25) is 0 Å². The van der Waals surface area contributed by atoms with Crippen molar-refractivity contribution in [1.82, 2.24) is 9.97 Å². The molecule has 0 bridgehead atoms. The Labute approximate surface area is 85.5 Å². The number of aromatic nitrogens is 2. The zero-order chi connectivity index (χ0) is 9.80. The Kier molecular flexibility index (Phi) is 2.65. The predicted molar refractivity (Wildman–Crippen MR) is 54.4 cm³/mol. The number of ketones is 1. The summed E-state index contributed by atoms with van der Waals surface area (Å²) in [6.07, 6.45) is 5.41. The number of Topliss-reactive ketones (excluding diaryl/α,β-unsaturated/α-hetero) is 1. The highest BCUT2D eigenvalue weighted by Gasteiger charge is 2.07. The molecule has 3 nitrogen and oxygen atoms in total. The van der Waals surface area contributed by atoms with Gasteiger partial charge >= 0.3 is 0 Å². The van der Waals surface area contributed by atoms with E-state index in [1.165, 1.54) is 11.3 Å². The average Bonchev–Trinajstić information content (AvgIpc) is 2.72.